The minimum Gasteiger partial charge on any atom is -0.383 e. The van der Waals surface area contributed by atoms with Crippen molar-refractivity contribution in [3.8, 4) is 17.3 Å². The van der Waals surface area contributed by atoms with Gasteiger partial charge in [-0.15, -0.1) is 0 Å². The Hall–Kier alpha value is -3.60. The number of aryl methyl sites for hydroxylation is 1. The maximum Gasteiger partial charge on any atom is 0.231 e. The molecule has 1 amide bonds. The molecule has 3 aromatic rings. The van der Waals surface area contributed by atoms with Crippen molar-refractivity contribution >= 4 is 28.3 Å². The second kappa shape index (κ2) is 8.03. The molecule has 0 aromatic carbocycles. The van der Waals surface area contributed by atoms with Gasteiger partial charge in [-0.05, 0) is 48.4 Å². The highest BCUT2D eigenvalue weighted by atomic mass is 19.1. The van der Waals surface area contributed by atoms with Gasteiger partial charge in [0.05, 0.1) is 11.6 Å². The predicted molar refractivity (Wildman–Crippen MR) is 112 cm³/mol. The monoisotopic (exact) mass is 404 g/mol. The number of rotatable bonds is 6. The molecule has 0 aliphatic heterocycles. The number of unbranched alkanes of at least 4 members (excludes halogenated alkanes) is 1. The smallest absolute Gasteiger partial charge is 0.231 e. The predicted octanol–water partition coefficient (Wildman–Crippen LogP) is 3.78. The maximum atomic E-state index is 13.1. The molecular weight excluding hydrogens is 383 g/mol. The van der Waals surface area contributed by atoms with Gasteiger partial charge in [0, 0.05) is 23.3 Å². The van der Waals surface area contributed by atoms with E-state index >= 15 is 0 Å². The number of alkyl halides is 1. The number of carbonyl (C=O) groups is 1. The molecule has 3 heterocycles. The maximum absolute atomic E-state index is 13.1. The molecule has 2 atom stereocenters. The molecule has 8 heteroatoms. The fraction of sp³-hybridized carbons (Fsp3) is 0.318. The summed E-state index contributed by atoms with van der Waals surface area (Å²) in [5.41, 5.74) is 8.91. The summed E-state index contributed by atoms with van der Waals surface area (Å²) in [6.45, 7) is 2.11. The number of nitrogens with zero attached hydrogens (tertiary/aromatic N) is 4. The summed E-state index contributed by atoms with van der Waals surface area (Å²) in [5.74, 6) is -0.327. The molecule has 0 bridgehead atoms. The third-order valence-electron chi connectivity index (χ3n) is 5.22. The Kier molecular flexibility index (Phi) is 5.27. The lowest BCUT2D eigenvalue weighted by Crippen LogP contribution is -2.15. The molecule has 0 radical (unpaired) electrons. The third-order valence-corrected chi connectivity index (χ3v) is 5.22. The van der Waals surface area contributed by atoms with E-state index in [0.29, 0.717) is 28.4 Å². The van der Waals surface area contributed by atoms with Crippen molar-refractivity contribution in [2.45, 2.75) is 38.8 Å². The topological polar surface area (TPSA) is 118 Å². The average molecular weight is 404 g/mol. The van der Waals surface area contributed by atoms with Gasteiger partial charge in [0.15, 0.2) is 0 Å². The van der Waals surface area contributed by atoms with Crippen LogP contribution in [-0.4, -0.2) is 27.0 Å². The fourth-order valence-electron chi connectivity index (χ4n) is 3.38. The van der Waals surface area contributed by atoms with Crippen LogP contribution in [0.2, 0.25) is 0 Å². The number of pyridine rings is 3. The number of nitrogens with one attached hydrogen (secondary N) is 1. The number of aromatic nitrogens is 3. The van der Waals surface area contributed by atoms with Crippen molar-refractivity contribution in [1.29, 1.82) is 5.26 Å². The summed E-state index contributed by atoms with van der Waals surface area (Å²) in [7, 11) is 0. The number of carbonyl (C=O) groups excluding carboxylic acids is 1. The number of fused-ring (bicyclic) bond motifs is 1. The fourth-order valence-corrected chi connectivity index (χ4v) is 3.38. The summed E-state index contributed by atoms with van der Waals surface area (Å²) in [5, 5.41) is 13.3. The van der Waals surface area contributed by atoms with E-state index in [1.165, 1.54) is 0 Å². The molecule has 1 aliphatic rings. The van der Waals surface area contributed by atoms with Crippen LogP contribution in [0, 0.1) is 17.2 Å². The summed E-state index contributed by atoms with van der Waals surface area (Å²) in [6.07, 6.45) is 5.27. The van der Waals surface area contributed by atoms with E-state index in [-0.39, 0.29) is 12.3 Å². The first-order valence-corrected chi connectivity index (χ1v) is 9.90. The van der Waals surface area contributed by atoms with Crippen LogP contribution < -0.4 is 11.1 Å². The highest BCUT2D eigenvalue weighted by Crippen LogP contribution is 2.35. The number of halogens is 1. The zero-order chi connectivity index (χ0) is 21.3. The van der Waals surface area contributed by atoms with E-state index in [1.807, 2.05) is 6.07 Å². The summed E-state index contributed by atoms with van der Waals surface area (Å²) in [6, 6.07) is 7.33. The molecular formula is C22H21FN6O. The van der Waals surface area contributed by atoms with Gasteiger partial charge in [-0.2, -0.15) is 5.26 Å². The van der Waals surface area contributed by atoms with Gasteiger partial charge in [0.25, 0.3) is 0 Å². The Labute approximate surface area is 173 Å². The molecule has 3 aromatic heterocycles. The molecule has 30 heavy (non-hydrogen) atoms. The van der Waals surface area contributed by atoms with E-state index in [2.05, 4.69) is 33.3 Å². The van der Waals surface area contributed by atoms with Crippen LogP contribution in [-0.2, 0) is 11.2 Å². The number of nitriles is 1. The average Bonchev–Trinajstić information content (AvgIpc) is 3.48. The Morgan fingerprint density at radius 2 is 2.13 bits per heavy atom. The van der Waals surface area contributed by atoms with Crippen LogP contribution in [0.4, 0.5) is 16.0 Å². The molecule has 1 fully saturated rings. The first-order valence-electron chi connectivity index (χ1n) is 9.90. The van der Waals surface area contributed by atoms with Crippen molar-refractivity contribution in [2.24, 2.45) is 5.92 Å². The molecule has 0 spiro atoms. The van der Waals surface area contributed by atoms with E-state index < -0.39 is 12.1 Å². The van der Waals surface area contributed by atoms with Crippen molar-refractivity contribution < 1.29 is 9.18 Å². The van der Waals surface area contributed by atoms with Crippen LogP contribution >= 0.6 is 0 Å². The van der Waals surface area contributed by atoms with Crippen LogP contribution in [0.25, 0.3) is 22.0 Å². The Morgan fingerprint density at radius 3 is 2.83 bits per heavy atom. The zero-order valence-electron chi connectivity index (χ0n) is 16.5. The quantitative estimate of drug-likeness (QED) is 0.645. The van der Waals surface area contributed by atoms with Gasteiger partial charge in [0.1, 0.15) is 29.6 Å². The Bertz CT molecular complexity index is 1170. The minimum atomic E-state index is -1.07. The van der Waals surface area contributed by atoms with E-state index in [0.717, 1.165) is 35.8 Å². The van der Waals surface area contributed by atoms with E-state index in [4.69, 9.17) is 5.73 Å². The number of hydrogen-bond acceptors (Lipinski definition) is 6. The van der Waals surface area contributed by atoms with Crippen LogP contribution in [0.5, 0.6) is 0 Å². The van der Waals surface area contributed by atoms with Crippen LogP contribution in [0.15, 0.2) is 30.6 Å². The molecule has 4 rings (SSSR count). The van der Waals surface area contributed by atoms with Gasteiger partial charge < -0.3 is 11.1 Å². The summed E-state index contributed by atoms with van der Waals surface area (Å²) in [4.78, 5) is 24.9. The standard InChI is InChI=1S/C22H21FN6O/c1-2-3-4-12-10-26-14(9-24)7-15(12)19-5-13-6-20(27-11-17(13)21(25)28-19)29-22(30)16-8-18(16)23/h5-7,10-11,16,18H,2-4,8H2,1H3,(H2,25,28)(H,27,29,30). The second-order valence-electron chi connectivity index (χ2n) is 7.47. The number of anilines is 2. The molecule has 3 N–H and O–H groups in total. The molecule has 152 valence electrons. The van der Waals surface area contributed by atoms with E-state index in [9.17, 15) is 14.4 Å². The highest BCUT2D eigenvalue weighted by Gasteiger charge is 2.43. The van der Waals surface area contributed by atoms with Gasteiger partial charge in [0.2, 0.25) is 5.91 Å². The highest BCUT2D eigenvalue weighted by molar-refractivity contribution is 5.98. The van der Waals surface area contributed by atoms with Gasteiger partial charge in [-0.1, -0.05) is 13.3 Å². The van der Waals surface area contributed by atoms with Crippen LogP contribution in [0.1, 0.15) is 37.4 Å². The third kappa shape index (κ3) is 3.92. The molecule has 2 unspecified atom stereocenters. The molecule has 1 aliphatic carbocycles. The Morgan fingerprint density at radius 1 is 1.33 bits per heavy atom. The lowest BCUT2D eigenvalue weighted by atomic mass is 9.99. The molecule has 0 saturated heterocycles. The zero-order valence-corrected chi connectivity index (χ0v) is 16.5. The van der Waals surface area contributed by atoms with Gasteiger partial charge in [-0.25, -0.2) is 19.3 Å². The molecule has 1 saturated carbocycles. The van der Waals surface area contributed by atoms with Crippen LogP contribution in [0.3, 0.4) is 0 Å². The molecule has 7 nitrogen and oxygen atoms in total. The lowest BCUT2D eigenvalue weighted by Gasteiger charge is -2.12. The summed E-state index contributed by atoms with van der Waals surface area (Å²) >= 11 is 0. The number of nitrogens with two attached hydrogens (primary N) is 1. The van der Waals surface area contributed by atoms with Crippen molar-refractivity contribution in [1.82, 2.24) is 15.0 Å². The van der Waals surface area contributed by atoms with Crippen molar-refractivity contribution in [3.63, 3.8) is 0 Å². The Balaban J connectivity index is 1.74. The number of hydrogen-bond donors (Lipinski definition) is 2. The normalized spacial score (nSPS) is 17.5. The number of nitrogen functional groups attached to an aromatic ring is 1. The van der Waals surface area contributed by atoms with E-state index in [1.54, 1.807) is 24.5 Å². The SMILES string of the molecule is CCCCc1cnc(C#N)cc1-c1cc2cc(NC(=O)C3CC3F)ncc2c(N)n1. The summed E-state index contributed by atoms with van der Waals surface area (Å²) < 4.78 is 13.1. The van der Waals surface area contributed by atoms with Crippen molar-refractivity contribution in [3.05, 3.63) is 41.9 Å². The van der Waals surface area contributed by atoms with Crippen molar-refractivity contribution in [2.75, 3.05) is 11.1 Å². The lowest BCUT2D eigenvalue weighted by molar-refractivity contribution is -0.117. The first-order chi connectivity index (χ1) is 14.5. The second-order valence-corrected chi connectivity index (χ2v) is 7.47. The number of amides is 1. The van der Waals surface area contributed by atoms with Gasteiger partial charge >= 0.3 is 0 Å². The van der Waals surface area contributed by atoms with Gasteiger partial charge in [-0.3, -0.25) is 4.79 Å². The minimum absolute atomic E-state index is 0.254. The largest absolute Gasteiger partial charge is 0.383 e. The first kappa shape index (κ1) is 19.7.